The molecule has 0 spiro atoms. The van der Waals surface area contributed by atoms with Crippen molar-refractivity contribution in [3.63, 3.8) is 0 Å². The van der Waals surface area contributed by atoms with Crippen LogP contribution in [-0.4, -0.2) is 43.4 Å². The summed E-state index contributed by atoms with van der Waals surface area (Å²) in [6.45, 7) is 2.55. The highest BCUT2D eigenvalue weighted by atomic mass is 32.1. The van der Waals surface area contributed by atoms with Gasteiger partial charge in [-0.15, -0.1) is 11.3 Å². The third-order valence-corrected chi connectivity index (χ3v) is 5.21. The van der Waals surface area contributed by atoms with Crippen molar-refractivity contribution in [3.8, 4) is 10.8 Å². The predicted octanol–water partition coefficient (Wildman–Crippen LogP) is 3.42. The van der Waals surface area contributed by atoms with E-state index in [1.54, 1.807) is 30.3 Å². The Balaban J connectivity index is 1.83. The maximum Gasteiger partial charge on any atom is 0.303 e. The van der Waals surface area contributed by atoms with Crippen LogP contribution in [0.1, 0.15) is 33.8 Å². The van der Waals surface area contributed by atoms with E-state index in [0.717, 1.165) is 5.56 Å². The largest absolute Gasteiger partial charge is 0.481 e. The van der Waals surface area contributed by atoms with E-state index < -0.39 is 5.97 Å². The van der Waals surface area contributed by atoms with Crippen LogP contribution in [0.15, 0.2) is 48.8 Å². The van der Waals surface area contributed by atoms with Crippen LogP contribution in [0, 0.1) is 6.92 Å². The molecule has 3 aromatic rings. The first-order valence-corrected chi connectivity index (χ1v) is 9.66. The lowest BCUT2D eigenvalue weighted by atomic mass is 10.2. The molecule has 0 saturated carbocycles. The van der Waals surface area contributed by atoms with Crippen LogP contribution < -0.4 is 0 Å². The van der Waals surface area contributed by atoms with Crippen molar-refractivity contribution in [2.24, 2.45) is 0 Å². The minimum Gasteiger partial charge on any atom is -0.481 e. The van der Waals surface area contributed by atoms with Gasteiger partial charge in [0.25, 0.3) is 5.91 Å². The van der Waals surface area contributed by atoms with Gasteiger partial charge in [0.15, 0.2) is 10.8 Å². The highest BCUT2D eigenvalue weighted by Crippen LogP contribution is 2.27. The molecule has 0 saturated heterocycles. The fourth-order valence-electron chi connectivity index (χ4n) is 2.72. The topological polar surface area (TPSA) is 96.3 Å². The molecule has 1 amide bonds. The quantitative estimate of drug-likeness (QED) is 0.627. The van der Waals surface area contributed by atoms with Crippen molar-refractivity contribution in [2.75, 3.05) is 6.54 Å². The van der Waals surface area contributed by atoms with Gasteiger partial charge in [0.2, 0.25) is 0 Å². The van der Waals surface area contributed by atoms with Crippen LogP contribution >= 0.6 is 11.3 Å². The van der Waals surface area contributed by atoms with Crippen molar-refractivity contribution in [3.05, 3.63) is 64.9 Å². The molecular formula is C20H20N4O3S. The molecule has 2 aromatic heterocycles. The van der Waals surface area contributed by atoms with Crippen LogP contribution in [-0.2, 0) is 11.3 Å². The van der Waals surface area contributed by atoms with Gasteiger partial charge in [-0.1, -0.05) is 30.3 Å². The highest BCUT2D eigenvalue weighted by Gasteiger charge is 2.23. The molecule has 144 valence electrons. The molecule has 28 heavy (non-hydrogen) atoms. The van der Waals surface area contributed by atoms with Crippen molar-refractivity contribution >= 4 is 23.2 Å². The van der Waals surface area contributed by atoms with Crippen LogP contribution in [0.25, 0.3) is 10.8 Å². The normalized spacial score (nSPS) is 10.6. The van der Waals surface area contributed by atoms with Crippen molar-refractivity contribution in [1.82, 2.24) is 19.9 Å². The molecule has 2 heterocycles. The van der Waals surface area contributed by atoms with E-state index >= 15 is 0 Å². The molecule has 1 N–H and O–H groups in total. The SMILES string of the molecule is Cc1nc(-c2ncccn2)sc1C(=O)N(CCCC(=O)O)Cc1ccccc1. The van der Waals surface area contributed by atoms with E-state index in [2.05, 4.69) is 15.0 Å². The van der Waals surface area contributed by atoms with E-state index in [-0.39, 0.29) is 12.3 Å². The number of hydrogen-bond acceptors (Lipinski definition) is 6. The number of thiazole rings is 1. The summed E-state index contributed by atoms with van der Waals surface area (Å²) in [4.78, 5) is 39.1. The number of aromatic nitrogens is 3. The van der Waals surface area contributed by atoms with Gasteiger partial charge in [-0.2, -0.15) is 0 Å². The first-order chi connectivity index (χ1) is 13.5. The van der Waals surface area contributed by atoms with E-state index in [4.69, 9.17) is 5.11 Å². The van der Waals surface area contributed by atoms with E-state index in [1.165, 1.54) is 11.3 Å². The van der Waals surface area contributed by atoms with E-state index in [9.17, 15) is 9.59 Å². The number of carbonyl (C=O) groups is 2. The third-order valence-electron chi connectivity index (χ3n) is 4.07. The average Bonchev–Trinajstić information content (AvgIpc) is 3.09. The molecule has 0 aliphatic heterocycles. The summed E-state index contributed by atoms with van der Waals surface area (Å²) >= 11 is 1.26. The molecule has 7 nitrogen and oxygen atoms in total. The number of carboxylic acid groups (broad SMARTS) is 1. The van der Waals surface area contributed by atoms with Gasteiger partial charge in [0.05, 0.1) is 5.69 Å². The Labute approximate surface area is 166 Å². The van der Waals surface area contributed by atoms with Gasteiger partial charge < -0.3 is 10.0 Å². The zero-order valence-corrected chi connectivity index (χ0v) is 16.2. The Bertz CT molecular complexity index is 945. The molecule has 0 radical (unpaired) electrons. The molecule has 3 rings (SSSR count). The summed E-state index contributed by atoms with van der Waals surface area (Å²) in [5, 5.41) is 9.51. The maximum absolute atomic E-state index is 13.2. The smallest absolute Gasteiger partial charge is 0.303 e. The Hall–Kier alpha value is -3.13. The molecule has 8 heteroatoms. The van der Waals surface area contributed by atoms with Gasteiger partial charge in [-0.25, -0.2) is 15.0 Å². The Morgan fingerprint density at radius 3 is 2.50 bits per heavy atom. The van der Waals surface area contributed by atoms with E-state index in [1.807, 2.05) is 30.3 Å². The first-order valence-electron chi connectivity index (χ1n) is 8.84. The molecule has 0 aliphatic rings. The zero-order chi connectivity index (χ0) is 19.9. The average molecular weight is 396 g/mol. The summed E-state index contributed by atoms with van der Waals surface area (Å²) in [6, 6.07) is 11.4. The van der Waals surface area contributed by atoms with Crippen molar-refractivity contribution in [1.29, 1.82) is 0 Å². The van der Waals surface area contributed by atoms with Crippen LogP contribution in [0.4, 0.5) is 0 Å². The number of aliphatic carboxylic acids is 1. The summed E-state index contributed by atoms with van der Waals surface area (Å²) < 4.78 is 0. The lowest BCUT2D eigenvalue weighted by Crippen LogP contribution is -2.31. The monoisotopic (exact) mass is 396 g/mol. The van der Waals surface area contributed by atoms with Gasteiger partial charge in [0.1, 0.15) is 4.88 Å². The molecule has 1 aromatic carbocycles. The minimum absolute atomic E-state index is 0.0172. The number of benzene rings is 1. The van der Waals surface area contributed by atoms with Crippen LogP contribution in [0.3, 0.4) is 0 Å². The summed E-state index contributed by atoms with van der Waals surface area (Å²) in [5.74, 6) is -0.550. The Morgan fingerprint density at radius 2 is 1.82 bits per heavy atom. The summed E-state index contributed by atoms with van der Waals surface area (Å²) in [5.41, 5.74) is 1.61. The summed E-state index contributed by atoms with van der Waals surface area (Å²) in [6.07, 6.45) is 3.67. The predicted molar refractivity (Wildman–Crippen MR) is 106 cm³/mol. The number of nitrogens with zero attached hydrogens (tertiary/aromatic N) is 4. The first kappa shape index (κ1) is 19.6. The van der Waals surface area contributed by atoms with Gasteiger partial charge in [0, 0.05) is 31.9 Å². The van der Waals surface area contributed by atoms with Crippen molar-refractivity contribution in [2.45, 2.75) is 26.3 Å². The zero-order valence-electron chi connectivity index (χ0n) is 15.4. The number of aryl methyl sites for hydroxylation is 1. The van der Waals surface area contributed by atoms with Crippen molar-refractivity contribution < 1.29 is 14.7 Å². The fourth-order valence-corrected chi connectivity index (χ4v) is 3.70. The Morgan fingerprint density at radius 1 is 1.11 bits per heavy atom. The van der Waals surface area contributed by atoms with Gasteiger partial charge in [-0.3, -0.25) is 9.59 Å². The second kappa shape index (κ2) is 9.18. The lowest BCUT2D eigenvalue weighted by molar-refractivity contribution is -0.137. The fraction of sp³-hybridized carbons (Fsp3) is 0.250. The van der Waals surface area contributed by atoms with Crippen LogP contribution in [0.5, 0.6) is 0 Å². The maximum atomic E-state index is 13.2. The van der Waals surface area contributed by atoms with Gasteiger partial charge in [-0.05, 0) is 25.0 Å². The Kier molecular flexibility index (Phi) is 6.44. The molecule has 0 bridgehead atoms. The second-order valence-corrected chi connectivity index (χ2v) is 7.21. The molecular weight excluding hydrogens is 376 g/mol. The standard InChI is InChI=1S/C20H20N4O3S/c1-14-17(28-19(23-14)18-21-10-6-11-22-18)20(27)24(12-5-9-16(25)26)13-15-7-3-2-4-8-15/h2-4,6-8,10-11H,5,9,12-13H2,1H3,(H,25,26). The minimum atomic E-state index is -0.871. The molecule has 0 aliphatic carbocycles. The molecule has 0 atom stereocenters. The molecule has 0 fully saturated rings. The third kappa shape index (κ3) is 4.98. The lowest BCUT2D eigenvalue weighted by Gasteiger charge is -2.22. The van der Waals surface area contributed by atoms with Crippen LogP contribution in [0.2, 0.25) is 0 Å². The summed E-state index contributed by atoms with van der Waals surface area (Å²) in [7, 11) is 0. The highest BCUT2D eigenvalue weighted by molar-refractivity contribution is 7.17. The second-order valence-electron chi connectivity index (χ2n) is 6.22. The number of hydrogen-bond donors (Lipinski definition) is 1. The number of carbonyl (C=O) groups excluding carboxylic acids is 1. The number of amides is 1. The molecule has 0 unspecified atom stereocenters. The number of rotatable bonds is 8. The number of carboxylic acids is 1. The van der Waals surface area contributed by atoms with E-state index in [0.29, 0.717) is 40.9 Å². The van der Waals surface area contributed by atoms with Gasteiger partial charge >= 0.3 is 5.97 Å².